The summed E-state index contributed by atoms with van der Waals surface area (Å²) >= 11 is 0.889. The Kier molecular flexibility index (Phi) is 5.94. The van der Waals surface area contributed by atoms with E-state index in [1.54, 1.807) is 30.3 Å². The van der Waals surface area contributed by atoms with Gasteiger partial charge in [-0.15, -0.1) is 11.8 Å². The van der Waals surface area contributed by atoms with Gasteiger partial charge in [-0.1, -0.05) is 54.6 Å². The van der Waals surface area contributed by atoms with Crippen LogP contribution in [0, 0.1) is 0 Å². The highest BCUT2D eigenvalue weighted by Crippen LogP contribution is 2.39. The van der Waals surface area contributed by atoms with E-state index in [1.165, 1.54) is 24.3 Å². The normalized spacial score (nSPS) is 12.2. The molecule has 0 aliphatic rings. The second kappa shape index (κ2) is 8.14. The molecule has 0 aromatic heterocycles. The summed E-state index contributed by atoms with van der Waals surface area (Å²) in [4.78, 5) is 23.8. The van der Waals surface area contributed by atoms with Gasteiger partial charge in [0.2, 0.25) is 0 Å². The average molecular weight is 442 g/mol. The molecule has 0 atom stereocenters. The molecule has 30 heavy (non-hydrogen) atoms. The van der Waals surface area contributed by atoms with E-state index in [9.17, 15) is 35.9 Å². The van der Waals surface area contributed by atoms with Crippen LogP contribution in [-0.4, -0.2) is 23.9 Å². The van der Waals surface area contributed by atoms with Crippen molar-refractivity contribution in [3.8, 4) is 0 Å². The zero-order valence-electron chi connectivity index (χ0n) is 15.0. The van der Waals surface area contributed by atoms with E-state index in [0.717, 1.165) is 17.3 Å². The van der Waals surface area contributed by atoms with Crippen LogP contribution in [-0.2, 0) is 5.75 Å². The molecular formula is C21H12F6O2S. The Hall–Kier alpha value is -2.81. The predicted molar refractivity (Wildman–Crippen MR) is 101 cm³/mol. The van der Waals surface area contributed by atoms with Crippen LogP contribution in [0.1, 0.15) is 26.3 Å². The highest BCUT2D eigenvalue weighted by molar-refractivity contribution is 7.98. The minimum absolute atomic E-state index is 0.0267. The first-order valence-corrected chi connectivity index (χ1v) is 9.44. The lowest BCUT2D eigenvalue weighted by Gasteiger charge is -2.17. The molecule has 0 bridgehead atoms. The Morgan fingerprint density at radius 3 is 1.77 bits per heavy atom. The summed E-state index contributed by atoms with van der Waals surface area (Å²) in [5.41, 5.74) is -1.23. The summed E-state index contributed by atoms with van der Waals surface area (Å²) < 4.78 is 78.6. The maximum Gasteiger partial charge on any atom is 0.454 e. The van der Waals surface area contributed by atoms with Crippen molar-refractivity contribution < 1.29 is 35.9 Å². The lowest BCUT2D eigenvalue weighted by Crippen LogP contribution is -2.26. The summed E-state index contributed by atoms with van der Waals surface area (Å²) in [7, 11) is 0. The summed E-state index contributed by atoms with van der Waals surface area (Å²) in [6.07, 6.45) is -10.6. The van der Waals surface area contributed by atoms with Crippen molar-refractivity contribution in [3.05, 3.63) is 77.4 Å². The molecule has 0 aliphatic heterocycles. The number of hydrogen-bond acceptors (Lipinski definition) is 3. The molecule has 0 fully saturated rings. The fourth-order valence-corrected chi connectivity index (χ4v) is 4.04. The highest BCUT2D eigenvalue weighted by atomic mass is 32.2. The average Bonchev–Trinajstić information content (AvgIpc) is 2.70. The van der Waals surface area contributed by atoms with Crippen molar-refractivity contribution in [1.29, 1.82) is 0 Å². The molecule has 3 aromatic rings. The van der Waals surface area contributed by atoms with Crippen LogP contribution < -0.4 is 0 Å². The maximum absolute atomic E-state index is 13.2. The molecule has 0 amide bonds. The smallest absolute Gasteiger partial charge is 0.284 e. The molecule has 9 heteroatoms. The number of fused-ring (bicyclic) bond motifs is 1. The number of ketones is 2. The molecule has 0 heterocycles. The van der Waals surface area contributed by atoms with Gasteiger partial charge in [0, 0.05) is 21.8 Å². The quantitative estimate of drug-likeness (QED) is 0.253. The van der Waals surface area contributed by atoms with Crippen molar-refractivity contribution in [2.24, 2.45) is 0 Å². The van der Waals surface area contributed by atoms with Gasteiger partial charge < -0.3 is 0 Å². The number of rotatable bonds is 5. The summed E-state index contributed by atoms with van der Waals surface area (Å²) in [6, 6.07) is 14.3. The van der Waals surface area contributed by atoms with E-state index in [0.29, 0.717) is 6.07 Å². The molecule has 3 rings (SSSR count). The first-order chi connectivity index (χ1) is 14.0. The molecule has 0 radical (unpaired) electrons. The number of alkyl halides is 6. The highest BCUT2D eigenvalue weighted by Gasteiger charge is 2.44. The molecule has 0 spiro atoms. The van der Waals surface area contributed by atoms with Gasteiger partial charge in [-0.3, -0.25) is 9.59 Å². The van der Waals surface area contributed by atoms with Crippen LogP contribution in [0.2, 0.25) is 0 Å². The minimum Gasteiger partial charge on any atom is -0.284 e. The Bertz CT molecular complexity index is 1100. The number of hydrogen-bond donors (Lipinski definition) is 0. The summed E-state index contributed by atoms with van der Waals surface area (Å²) in [5.74, 6) is -4.44. The molecule has 2 nitrogen and oxygen atoms in total. The molecule has 156 valence electrons. The third-order valence-electron chi connectivity index (χ3n) is 4.23. The van der Waals surface area contributed by atoms with Gasteiger partial charge in [-0.25, -0.2) is 0 Å². The Balaban J connectivity index is 2.24. The predicted octanol–water partition coefficient (Wildman–Crippen LogP) is 6.62. The minimum atomic E-state index is -5.32. The van der Waals surface area contributed by atoms with Crippen LogP contribution in [0.4, 0.5) is 26.3 Å². The van der Waals surface area contributed by atoms with E-state index in [2.05, 4.69) is 0 Å². The first-order valence-electron chi connectivity index (χ1n) is 8.45. The second-order valence-electron chi connectivity index (χ2n) is 6.27. The number of Topliss-reactive ketones (excluding diaryl/α,β-unsaturated/α-hetero) is 2. The third kappa shape index (κ3) is 4.51. The van der Waals surface area contributed by atoms with Gasteiger partial charge in [0.15, 0.2) is 0 Å². The first kappa shape index (κ1) is 21.9. The number of carbonyl (C=O) groups excluding carboxylic acids is 2. The van der Waals surface area contributed by atoms with E-state index >= 15 is 0 Å². The zero-order chi connectivity index (χ0) is 22.1. The van der Waals surface area contributed by atoms with Crippen LogP contribution in [0.3, 0.4) is 0 Å². The lowest BCUT2D eigenvalue weighted by atomic mass is 9.95. The van der Waals surface area contributed by atoms with E-state index < -0.39 is 35.0 Å². The van der Waals surface area contributed by atoms with Crippen LogP contribution in [0.25, 0.3) is 10.8 Å². The van der Waals surface area contributed by atoms with Crippen molar-refractivity contribution in [2.45, 2.75) is 23.0 Å². The number of thioether (sulfide) groups is 1. The van der Waals surface area contributed by atoms with E-state index in [1.807, 2.05) is 0 Å². The molecule has 0 aliphatic carbocycles. The topological polar surface area (TPSA) is 34.1 Å². The fraction of sp³-hybridized carbons (Fsp3) is 0.143. The van der Waals surface area contributed by atoms with Crippen molar-refractivity contribution >= 4 is 34.1 Å². The summed E-state index contributed by atoms with van der Waals surface area (Å²) in [6.45, 7) is 0. The van der Waals surface area contributed by atoms with Gasteiger partial charge >= 0.3 is 12.4 Å². The van der Waals surface area contributed by atoms with Gasteiger partial charge in [0.25, 0.3) is 11.6 Å². The largest absolute Gasteiger partial charge is 0.454 e. The van der Waals surface area contributed by atoms with Gasteiger partial charge in [-0.05, 0) is 22.4 Å². The lowest BCUT2D eigenvalue weighted by molar-refractivity contribution is -0.0888. The Labute approximate surface area is 170 Å². The molecule has 0 saturated heterocycles. The zero-order valence-corrected chi connectivity index (χ0v) is 15.8. The van der Waals surface area contributed by atoms with Crippen molar-refractivity contribution in [2.75, 3.05) is 0 Å². The second-order valence-corrected chi connectivity index (χ2v) is 7.26. The van der Waals surface area contributed by atoms with E-state index in [4.69, 9.17) is 0 Å². The fourth-order valence-electron chi connectivity index (χ4n) is 2.90. The number of halogens is 6. The number of carbonyl (C=O) groups is 2. The molecule has 0 unspecified atom stereocenters. The Morgan fingerprint density at radius 2 is 1.20 bits per heavy atom. The molecule has 3 aromatic carbocycles. The standard InChI is InChI=1S/C21H12F6O2S/c22-20(23,24)18(28)15-10-16(19(29)21(25,26)27)17(14-9-5-4-8-13(14)15)30-11-12-6-2-1-3-7-12/h1-10H,11H2. The van der Waals surface area contributed by atoms with Gasteiger partial charge in [-0.2, -0.15) is 26.3 Å². The SMILES string of the molecule is O=C(c1cc(C(=O)C(F)(F)F)c2ccccc2c1SCc1ccccc1)C(F)(F)F. The van der Waals surface area contributed by atoms with Crippen molar-refractivity contribution in [1.82, 2.24) is 0 Å². The van der Waals surface area contributed by atoms with Gasteiger partial charge in [0.1, 0.15) is 0 Å². The molecule has 0 N–H and O–H groups in total. The van der Waals surface area contributed by atoms with Gasteiger partial charge in [0.05, 0.1) is 0 Å². The number of benzene rings is 3. The van der Waals surface area contributed by atoms with Crippen LogP contribution in [0.5, 0.6) is 0 Å². The molecular weight excluding hydrogens is 430 g/mol. The van der Waals surface area contributed by atoms with E-state index in [-0.39, 0.29) is 21.4 Å². The Morgan fingerprint density at radius 1 is 0.700 bits per heavy atom. The van der Waals surface area contributed by atoms with Crippen LogP contribution in [0.15, 0.2) is 65.6 Å². The molecule has 0 saturated carbocycles. The van der Waals surface area contributed by atoms with Crippen molar-refractivity contribution in [3.63, 3.8) is 0 Å². The summed E-state index contributed by atoms with van der Waals surface area (Å²) in [5, 5.41) is -0.199. The third-order valence-corrected chi connectivity index (χ3v) is 5.43. The van der Waals surface area contributed by atoms with Crippen LogP contribution >= 0.6 is 11.8 Å². The monoisotopic (exact) mass is 442 g/mol. The maximum atomic E-state index is 13.2.